The zero-order valence-electron chi connectivity index (χ0n) is 12.4. The maximum absolute atomic E-state index is 11.3. The van der Waals surface area contributed by atoms with Gasteiger partial charge in [-0.05, 0) is 26.7 Å². The molecule has 0 saturated heterocycles. The zero-order chi connectivity index (χ0) is 14.7. The third kappa shape index (κ3) is 6.88. The number of carbonyl (C=O) groups excluding carboxylic acids is 2. The number of ether oxygens (including phenoxy) is 2. The number of amides is 2. The predicted molar refractivity (Wildman–Crippen MR) is 73.1 cm³/mol. The molecule has 19 heavy (non-hydrogen) atoms. The monoisotopic (exact) mass is 274 g/mol. The Hall–Kier alpha value is -1.46. The molecule has 2 amide bonds. The van der Waals surface area contributed by atoms with Crippen LogP contribution in [0.25, 0.3) is 0 Å². The molecule has 0 aromatic rings. The molecule has 0 aliphatic carbocycles. The molecule has 0 radical (unpaired) electrons. The lowest BCUT2D eigenvalue weighted by Crippen LogP contribution is -2.45. The summed E-state index contributed by atoms with van der Waals surface area (Å²) in [5.74, 6) is 0. The molecule has 0 bridgehead atoms. The lowest BCUT2D eigenvalue weighted by molar-refractivity contribution is 0.134. The van der Waals surface area contributed by atoms with E-state index in [2.05, 4.69) is 10.6 Å². The van der Waals surface area contributed by atoms with Gasteiger partial charge in [0.05, 0.1) is 13.2 Å². The quantitative estimate of drug-likeness (QED) is 0.712. The van der Waals surface area contributed by atoms with E-state index < -0.39 is 12.2 Å². The van der Waals surface area contributed by atoms with Gasteiger partial charge in [0, 0.05) is 18.5 Å². The minimum absolute atomic E-state index is 0.181. The molecule has 112 valence electrons. The maximum atomic E-state index is 11.3. The van der Waals surface area contributed by atoms with E-state index >= 15 is 0 Å². The average Bonchev–Trinajstić information content (AvgIpc) is 2.40. The molecule has 2 N–H and O–H groups in total. The number of carbonyl (C=O) groups is 2. The Balaban J connectivity index is 4.32. The molecule has 0 aliphatic rings. The summed E-state index contributed by atoms with van der Waals surface area (Å²) in [5.41, 5.74) is -0.181. The molecule has 0 heterocycles. The summed E-state index contributed by atoms with van der Waals surface area (Å²) in [6.45, 7) is 9.20. The molecule has 0 atom stereocenters. The second-order valence-electron chi connectivity index (χ2n) is 4.36. The van der Waals surface area contributed by atoms with E-state index in [4.69, 9.17) is 9.47 Å². The normalized spacial score (nSPS) is 10.7. The maximum Gasteiger partial charge on any atom is 0.407 e. The van der Waals surface area contributed by atoms with E-state index in [9.17, 15) is 9.59 Å². The summed E-state index contributed by atoms with van der Waals surface area (Å²) in [4.78, 5) is 22.6. The van der Waals surface area contributed by atoms with Crippen molar-refractivity contribution in [3.8, 4) is 0 Å². The minimum Gasteiger partial charge on any atom is -0.450 e. The van der Waals surface area contributed by atoms with Gasteiger partial charge in [-0.3, -0.25) is 0 Å². The molecule has 0 aromatic heterocycles. The highest BCUT2D eigenvalue weighted by molar-refractivity contribution is 5.67. The van der Waals surface area contributed by atoms with Crippen LogP contribution in [0.15, 0.2) is 0 Å². The van der Waals surface area contributed by atoms with Crippen LogP contribution in [0.3, 0.4) is 0 Å². The fourth-order valence-corrected chi connectivity index (χ4v) is 1.70. The summed E-state index contributed by atoms with van der Waals surface area (Å²) in [5, 5.41) is 5.46. The van der Waals surface area contributed by atoms with Gasteiger partial charge in [0.1, 0.15) is 0 Å². The summed E-state index contributed by atoms with van der Waals surface area (Å²) in [6.07, 6.45) is 0.819. The van der Waals surface area contributed by atoms with E-state index in [0.29, 0.717) is 26.3 Å². The first-order valence-electron chi connectivity index (χ1n) is 6.84. The summed E-state index contributed by atoms with van der Waals surface area (Å²) in [7, 11) is 0. The Morgan fingerprint density at radius 3 is 1.47 bits per heavy atom. The van der Waals surface area contributed by atoms with Gasteiger partial charge in [-0.2, -0.15) is 0 Å². The SMILES string of the molecule is CCOC(=O)NCC(CC)(CC)CNC(=O)OCC. The van der Waals surface area contributed by atoms with E-state index in [1.54, 1.807) is 13.8 Å². The van der Waals surface area contributed by atoms with Crippen molar-refractivity contribution in [2.24, 2.45) is 5.41 Å². The largest absolute Gasteiger partial charge is 0.450 e. The fraction of sp³-hybridized carbons (Fsp3) is 0.846. The first kappa shape index (κ1) is 17.5. The molecular weight excluding hydrogens is 248 g/mol. The predicted octanol–water partition coefficient (Wildman–Crippen LogP) is 2.29. The minimum atomic E-state index is -0.426. The molecule has 0 rings (SSSR count). The Bertz CT molecular complexity index is 254. The van der Waals surface area contributed by atoms with Crippen LogP contribution in [0.2, 0.25) is 0 Å². The topological polar surface area (TPSA) is 76.7 Å². The number of hydrogen-bond acceptors (Lipinski definition) is 4. The van der Waals surface area contributed by atoms with Crippen LogP contribution in [0.5, 0.6) is 0 Å². The molecule has 0 unspecified atom stereocenters. The lowest BCUT2D eigenvalue weighted by Gasteiger charge is -2.31. The van der Waals surface area contributed by atoms with Crippen LogP contribution >= 0.6 is 0 Å². The van der Waals surface area contributed by atoms with Crippen molar-refractivity contribution in [2.45, 2.75) is 40.5 Å². The van der Waals surface area contributed by atoms with E-state index in [0.717, 1.165) is 12.8 Å². The molecule has 0 spiro atoms. The standard InChI is InChI=1S/C13H26N2O4/c1-5-13(6-2,9-14-11(16)18-7-3)10-15-12(17)19-8-4/h5-10H2,1-4H3,(H,14,16)(H,15,17). The summed E-state index contributed by atoms with van der Waals surface area (Å²) >= 11 is 0. The molecule has 0 aromatic carbocycles. The van der Waals surface area contributed by atoms with E-state index in [1.807, 2.05) is 13.8 Å². The first-order valence-corrected chi connectivity index (χ1v) is 6.84. The second kappa shape index (κ2) is 9.47. The van der Waals surface area contributed by atoms with Crippen molar-refractivity contribution in [3.05, 3.63) is 0 Å². The molecular formula is C13H26N2O4. The Morgan fingerprint density at radius 1 is 0.842 bits per heavy atom. The second-order valence-corrected chi connectivity index (χ2v) is 4.36. The molecule has 0 fully saturated rings. The summed E-state index contributed by atoms with van der Waals surface area (Å²) < 4.78 is 9.66. The molecule has 6 heteroatoms. The number of nitrogens with one attached hydrogen (secondary N) is 2. The molecule has 0 saturated carbocycles. The van der Waals surface area contributed by atoms with Crippen molar-refractivity contribution in [3.63, 3.8) is 0 Å². The van der Waals surface area contributed by atoms with Gasteiger partial charge < -0.3 is 20.1 Å². The van der Waals surface area contributed by atoms with Crippen molar-refractivity contribution >= 4 is 12.2 Å². The van der Waals surface area contributed by atoms with Gasteiger partial charge in [0.15, 0.2) is 0 Å². The highest BCUT2D eigenvalue weighted by Crippen LogP contribution is 2.24. The van der Waals surface area contributed by atoms with Crippen molar-refractivity contribution < 1.29 is 19.1 Å². The highest BCUT2D eigenvalue weighted by atomic mass is 16.6. The third-order valence-electron chi connectivity index (χ3n) is 3.27. The van der Waals surface area contributed by atoms with E-state index in [-0.39, 0.29) is 5.41 Å². The third-order valence-corrected chi connectivity index (χ3v) is 3.27. The van der Waals surface area contributed by atoms with Crippen molar-refractivity contribution in [2.75, 3.05) is 26.3 Å². The Kier molecular flexibility index (Phi) is 8.74. The lowest BCUT2D eigenvalue weighted by atomic mass is 9.82. The number of hydrogen-bond donors (Lipinski definition) is 2. The van der Waals surface area contributed by atoms with Crippen LogP contribution < -0.4 is 10.6 Å². The average molecular weight is 274 g/mol. The van der Waals surface area contributed by atoms with Crippen LogP contribution in [0.4, 0.5) is 9.59 Å². The van der Waals surface area contributed by atoms with Crippen LogP contribution in [0, 0.1) is 5.41 Å². The van der Waals surface area contributed by atoms with Crippen molar-refractivity contribution in [1.82, 2.24) is 10.6 Å². The van der Waals surface area contributed by atoms with Crippen molar-refractivity contribution in [1.29, 1.82) is 0 Å². The Labute approximate surface area is 115 Å². The van der Waals surface area contributed by atoms with Gasteiger partial charge in [0.25, 0.3) is 0 Å². The highest BCUT2D eigenvalue weighted by Gasteiger charge is 2.27. The first-order chi connectivity index (χ1) is 9.03. The molecule has 0 aliphatic heterocycles. The van der Waals surface area contributed by atoms with Crippen LogP contribution in [-0.2, 0) is 9.47 Å². The van der Waals surface area contributed by atoms with Gasteiger partial charge in [-0.15, -0.1) is 0 Å². The zero-order valence-corrected chi connectivity index (χ0v) is 12.4. The van der Waals surface area contributed by atoms with Gasteiger partial charge >= 0.3 is 12.2 Å². The summed E-state index contributed by atoms with van der Waals surface area (Å²) in [6, 6.07) is 0. The van der Waals surface area contributed by atoms with Gasteiger partial charge in [-0.1, -0.05) is 13.8 Å². The smallest absolute Gasteiger partial charge is 0.407 e. The fourth-order valence-electron chi connectivity index (χ4n) is 1.70. The van der Waals surface area contributed by atoms with Crippen LogP contribution in [0.1, 0.15) is 40.5 Å². The van der Waals surface area contributed by atoms with Gasteiger partial charge in [0.2, 0.25) is 0 Å². The van der Waals surface area contributed by atoms with Gasteiger partial charge in [-0.25, -0.2) is 9.59 Å². The van der Waals surface area contributed by atoms with E-state index in [1.165, 1.54) is 0 Å². The van der Waals surface area contributed by atoms with Crippen LogP contribution in [-0.4, -0.2) is 38.5 Å². The Morgan fingerprint density at radius 2 is 1.21 bits per heavy atom. The number of rotatable bonds is 8. The molecule has 6 nitrogen and oxygen atoms in total. The number of alkyl carbamates (subject to hydrolysis) is 2.